The Morgan fingerprint density at radius 2 is 1.60 bits per heavy atom. The van der Waals surface area contributed by atoms with Gasteiger partial charge in [0.2, 0.25) is 0 Å². The van der Waals surface area contributed by atoms with Crippen molar-refractivity contribution in [3.63, 3.8) is 0 Å². The van der Waals surface area contributed by atoms with Crippen LogP contribution in [0.5, 0.6) is 0 Å². The van der Waals surface area contributed by atoms with Gasteiger partial charge in [-0.3, -0.25) is 28.3 Å². The van der Waals surface area contributed by atoms with Crippen molar-refractivity contribution < 1.29 is 38.1 Å². The van der Waals surface area contributed by atoms with E-state index in [0.717, 1.165) is 29.0 Å². The van der Waals surface area contributed by atoms with Crippen LogP contribution >= 0.6 is 0 Å². The highest BCUT2D eigenvalue weighted by Crippen LogP contribution is 2.33. The fourth-order valence-electron chi connectivity index (χ4n) is 3.14. The highest BCUT2D eigenvalue weighted by Gasteiger charge is 2.51. The van der Waals surface area contributed by atoms with Crippen molar-refractivity contribution in [1.29, 1.82) is 0 Å². The standard InChI is InChI=1S/C18H24N2O10/c1-9(21)27-8-12-14(28-10(2)22)15(29-11(3)23)16(26-5)17(30-12)20-7-6-13(24)19(4)18(20)25/h6-7,12,14-17H,8H2,1-5H3/t12-,14-,15+,16-,17-/m1/s1. The zero-order valence-electron chi connectivity index (χ0n) is 17.2. The Labute approximate surface area is 171 Å². The third-order valence-corrected chi connectivity index (χ3v) is 4.43. The van der Waals surface area contributed by atoms with Crippen LogP contribution < -0.4 is 11.2 Å². The quantitative estimate of drug-likeness (QED) is 0.404. The predicted molar refractivity (Wildman–Crippen MR) is 98.4 cm³/mol. The van der Waals surface area contributed by atoms with Crippen molar-refractivity contribution >= 4 is 17.9 Å². The van der Waals surface area contributed by atoms with Gasteiger partial charge in [-0.05, 0) is 0 Å². The topological polar surface area (TPSA) is 141 Å². The first-order valence-corrected chi connectivity index (χ1v) is 9.01. The second kappa shape index (κ2) is 9.67. The summed E-state index contributed by atoms with van der Waals surface area (Å²) in [5.41, 5.74) is -1.25. The van der Waals surface area contributed by atoms with Crippen LogP contribution in [-0.4, -0.2) is 65.2 Å². The zero-order valence-corrected chi connectivity index (χ0v) is 17.2. The minimum atomic E-state index is -1.19. The summed E-state index contributed by atoms with van der Waals surface area (Å²) in [7, 11) is 2.58. The largest absolute Gasteiger partial charge is 0.463 e. The maximum absolute atomic E-state index is 12.6. The predicted octanol–water partition coefficient (Wildman–Crippen LogP) is -1.11. The Morgan fingerprint density at radius 3 is 2.13 bits per heavy atom. The van der Waals surface area contributed by atoms with E-state index in [1.807, 2.05) is 0 Å². The van der Waals surface area contributed by atoms with Gasteiger partial charge in [0.05, 0.1) is 0 Å². The number of methoxy groups -OCH3 is 1. The van der Waals surface area contributed by atoms with Crippen LogP contribution in [0.25, 0.3) is 0 Å². The Balaban J connectivity index is 2.57. The lowest BCUT2D eigenvalue weighted by Crippen LogP contribution is -2.61. The average molecular weight is 428 g/mol. The molecule has 0 N–H and O–H groups in total. The third-order valence-electron chi connectivity index (χ3n) is 4.43. The van der Waals surface area contributed by atoms with Crippen LogP contribution in [0.15, 0.2) is 21.9 Å². The van der Waals surface area contributed by atoms with Gasteiger partial charge in [-0.15, -0.1) is 0 Å². The molecule has 2 heterocycles. The SMILES string of the molecule is CO[C@@H]1[C@@H](OC(C)=O)[C@H](OC(C)=O)[C@@H](COC(C)=O)O[C@H]1n1ccc(=O)n(C)c1=O. The van der Waals surface area contributed by atoms with Crippen LogP contribution in [0.3, 0.4) is 0 Å². The van der Waals surface area contributed by atoms with Gasteiger partial charge in [-0.1, -0.05) is 0 Å². The van der Waals surface area contributed by atoms with E-state index in [1.54, 1.807) is 0 Å². The molecular weight excluding hydrogens is 404 g/mol. The number of nitrogens with zero attached hydrogens (tertiary/aromatic N) is 2. The molecule has 166 valence electrons. The number of hydrogen-bond acceptors (Lipinski definition) is 10. The Morgan fingerprint density at radius 1 is 1.00 bits per heavy atom. The minimum absolute atomic E-state index is 0.349. The van der Waals surface area contributed by atoms with Crippen LogP contribution in [0, 0.1) is 0 Å². The van der Waals surface area contributed by atoms with E-state index in [9.17, 15) is 24.0 Å². The summed E-state index contributed by atoms with van der Waals surface area (Å²) < 4.78 is 28.9. The second-order valence-electron chi connectivity index (χ2n) is 6.62. The molecule has 0 aliphatic carbocycles. The maximum Gasteiger partial charge on any atom is 0.332 e. The molecule has 0 unspecified atom stereocenters. The Bertz CT molecular complexity index is 920. The van der Waals surface area contributed by atoms with E-state index in [4.69, 9.17) is 23.7 Å². The fourth-order valence-corrected chi connectivity index (χ4v) is 3.14. The van der Waals surface area contributed by atoms with Gasteiger partial charge in [-0.2, -0.15) is 0 Å². The molecule has 30 heavy (non-hydrogen) atoms. The van der Waals surface area contributed by atoms with Gasteiger partial charge in [0, 0.05) is 47.2 Å². The number of esters is 3. The Kier molecular flexibility index (Phi) is 7.51. The molecule has 5 atom stereocenters. The lowest BCUT2D eigenvalue weighted by Gasteiger charge is -2.44. The molecule has 1 aliphatic heterocycles. The first-order valence-electron chi connectivity index (χ1n) is 9.01. The summed E-state index contributed by atoms with van der Waals surface area (Å²) in [5, 5.41) is 0. The smallest absolute Gasteiger partial charge is 0.332 e. The maximum atomic E-state index is 12.6. The van der Waals surface area contributed by atoms with E-state index >= 15 is 0 Å². The molecule has 12 heteroatoms. The number of aromatic nitrogens is 2. The molecule has 1 aliphatic rings. The molecule has 0 aromatic carbocycles. The van der Waals surface area contributed by atoms with Crippen molar-refractivity contribution in [3.05, 3.63) is 33.1 Å². The lowest BCUT2D eigenvalue weighted by atomic mass is 9.97. The van der Waals surface area contributed by atoms with Crippen LogP contribution in [0.4, 0.5) is 0 Å². The summed E-state index contributed by atoms with van der Waals surface area (Å²) in [6, 6.07) is 1.15. The van der Waals surface area contributed by atoms with Crippen LogP contribution in [-0.2, 0) is 45.1 Å². The van der Waals surface area contributed by atoms with Crippen molar-refractivity contribution in [3.8, 4) is 0 Å². The third kappa shape index (κ3) is 5.13. The summed E-state index contributed by atoms with van der Waals surface area (Å²) in [6.07, 6.45) is -4.55. The summed E-state index contributed by atoms with van der Waals surface area (Å²) in [6.45, 7) is 3.14. The summed E-state index contributed by atoms with van der Waals surface area (Å²) in [5.74, 6) is -2.01. The Hall–Kier alpha value is -2.99. The fraction of sp³-hybridized carbons (Fsp3) is 0.611. The molecule has 0 amide bonds. The van der Waals surface area contributed by atoms with Gasteiger partial charge in [0.25, 0.3) is 5.56 Å². The molecule has 1 saturated heterocycles. The molecule has 12 nitrogen and oxygen atoms in total. The number of rotatable bonds is 6. The number of ether oxygens (including phenoxy) is 5. The number of hydrogen-bond donors (Lipinski definition) is 0. The zero-order chi connectivity index (χ0) is 22.6. The lowest BCUT2D eigenvalue weighted by molar-refractivity contribution is -0.269. The minimum Gasteiger partial charge on any atom is -0.463 e. The van der Waals surface area contributed by atoms with E-state index in [1.165, 1.54) is 27.3 Å². The second-order valence-corrected chi connectivity index (χ2v) is 6.62. The van der Waals surface area contributed by atoms with Crippen LogP contribution in [0.2, 0.25) is 0 Å². The monoisotopic (exact) mass is 428 g/mol. The van der Waals surface area contributed by atoms with E-state index < -0.39 is 59.8 Å². The van der Waals surface area contributed by atoms with Gasteiger partial charge >= 0.3 is 23.6 Å². The van der Waals surface area contributed by atoms with Crippen molar-refractivity contribution in [2.45, 2.75) is 51.4 Å². The highest BCUT2D eigenvalue weighted by atomic mass is 16.6. The molecule has 0 radical (unpaired) electrons. The molecule has 0 bridgehead atoms. The van der Waals surface area contributed by atoms with E-state index in [0.29, 0.717) is 0 Å². The van der Waals surface area contributed by atoms with Crippen molar-refractivity contribution in [2.24, 2.45) is 7.05 Å². The molecular formula is C18H24N2O10. The number of carbonyl (C=O) groups is 3. The van der Waals surface area contributed by atoms with Crippen LogP contribution in [0.1, 0.15) is 27.0 Å². The first kappa shape index (κ1) is 23.3. The first-order chi connectivity index (χ1) is 14.1. The average Bonchev–Trinajstić information content (AvgIpc) is 2.65. The number of carbonyl (C=O) groups excluding carboxylic acids is 3. The molecule has 0 saturated carbocycles. The molecule has 1 aromatic heterocycles. The molecule has 1 aromatic rings. The molecule has 0 spiro atoms. The van der Waals surface area contributed by atoms with Gasteiger partial charge in [-0.25, -0.2) is 4.79 Å². The van der Waals surface area contributed by atoms with Crippen molar-refractivity contribution in [2.75, 3.05) is 13.7 Å². The van der Waals surface area contributed by atoms with E-state index in [-0.39, 0.29) is 6.61 Å². The normalized spacial score (nSPS) is 26.0. The summed E-state index contributed by atoms with van der Waals surface area (Å²) >= 11 is 0. The van der Waals surface area contributed by atoms with E-state index in [2.05, 4.69) is 0 Å². The van der Waals surface area contributed by atoms with Gasteiger partial charge in [0.1, 0.15) is 18.8 Å². The van der Waals surface area contributed by atoms with Crippen molar-refractivity contribution in [1.82, 2.24) is 9.13 Å². The molecule has 1 fully saturated rings. The molecule has 2 rings (SSSR count). The van der Waals surface area contributed by atoms with Gasteiger partial charge < -0.3 is 23.7 Å². The summed E-state index contributed by atoms with van der Waals surface area (Å²) in [4.78, 5) is 59.0. The highest BCUT2D eigenvalue weighted by molar-refractivity contribution is 5.67. The van der Waals surface area contributed by atoms with Gasteiger partial charge in [0.15, 0.2) is 18.4 Å².